The minimum Gasteiger partial charge on any atom is -0.332 e. The van der Waals surface area contributed by atoms with Gasteiger partial charge in [-0.25, -0.2) is 4.98 Å². The van der Waals surface area contributed by atoms with Gasteiger partial charge in [0.1, 0.15) is 0 Å². The van der Waals surface area contributed by atoms with Crippen molar-refractivity contribution < 1.29 is 4.79 Å². The van der Waals surface area contributed by atoms with Crippen molar-refractivity contribution in [2.45, 2.75) is 45.1 Å². The predicted molar refractivity (Wildman–Crippen MR) is 114 cm³/mol. The van der Waals surface area contributed by atoms with Crippen molar-refractivity contribution in [2.24, 2.45) is 23.5 Å². The van der Waals surface area contributed by atoms with Crippen LogP contribution in [0.2, 0.25) is 0 Å². The number of benzene rings is 1. The third kappa shape index (κ3) is 4.62. The van der Waals surface area contributed by atoms with Gasteiger partial charge in [-0.2, -0.15) is 0 Å². The summed E-state index contributed by atoms with van der Waals surface area (Å²) in [4.78, 5) is 17.1. The SMILES string of the molecule is Cc1csc(Nc2ccc(NC(=O)C3CC4CCCC(C3)C4N)cc2)n1.Cl. The average Bonchev–Trinajstić information content (AvgIpc) is 3.01. The van der Waals surface area contributed by atoms with Crippen LogP contribution in [-0.4, -0.2) is 16.9 Å². The second-order valence-electron chi connectivity index (χ2n) is 7.68. The first-order chi connectivity index (χ1) is 12.6. The van der Waals surface area contributed by atoms with E-state index >= 15 is 0 Å². The van der Waals surface area contributed by atoms with Crippen molar-refractivity contribution in [1.82, 2.24) is 4.98 Å². The summed E-state index contributed by atoms with van der Waals surface area (Å²) in [6, 6.07) is 8.12. The van der Waals surface area contributed by atoms with Crippen LogP contribution < -0.4 is 16.4 Å². The summed E-state index contributed by atoms with van der Waals surface area (Å²) in [5.41, 5.74) is 9.16. The second-order valence-corrected chi connectivity index (χ2v) is 8.54. The van der Waals surface area contributed by atoms with Crippen molar-refractivity contribution >= 4 is 46.2 Å². The summed E-state index contributed by atoms with van der Waals surface area (Å²) in [5, 5.41) is 9.27. The Hall–Kier alpha value is -1.63. The maximum Gasteiger partial charge on any atom is 0.227 e. The highest BCUT2D eigenvalue weighted by Crippen LogP contribution is 2.42. The summed E-state index contributed by atoms with van der Waals surface area (Å²) in [5.74, 6) is 1.28. The molecule has 2 aliphatic rings. The van der Waals surface area contributed by atoms with E-state index in [1.807, 2.05) is 36.6 Å². The van der Waals surface area contributed by atoms with Crippen LogP contribution in [0.4, 0.5) is 16.5 Å². The third-order valence-electron chi connectivity index (χ3n) is 5.81. The lowest BCUT2D eigenvalue weighted by atomic mass is 9.65. The lowest BCUT2D eigenvalue weighted by molar-refractivity contribution is -0.122. The van der Waals surface area contributed by atoms with Gasteiger partial charge in [-0.05, 0) is 68.7 Å². The molecule has 0 aliphatic heterocycles. The molecule has 0 radical (unpaired) electrons. The minimum absolute atomic E-state index is 0. The number of hydrogen-bond donors (Lipinski definition) is 3. The first-order valence-corrected chi connectivity index (χ1v) is 10.3. The van der Waals surface area contributed by atoms with E-state index in [0.29, 0.717) is 17.9 Å². The Bertz CT molecular complexity index is 765. The quantitative estimate of drug-likeness (QED) is 0.686. The third-order valence-corrected chi connectivity index (χ3v) is 6.68. The molecule has 1 aromatic heterocycles. The summed E-state index contributed by atoms with van der Waals surface area (Å²) >= 11 is 1.58. The Morgan fingerprint density at radius 3 is 2.37 bits per heavy atom. The lowest BCUT2D eigenvalue weighted by Crippen LogP contribution is -2.48. The molecule has 1 aromatic carbocycles. The van der Waals surface area contributed by atoms with Gasteiger partial charge in [0.25, 0.3) is 0 Å². The second kappa shape index (κ2) is 8.59. The number of nitrogens with zero attached hydrogens (tertiary/aromatic N) is 1. The lowest BCUT2D eigenvalue weighted by Gasteiger charge is -2.43. The Balaban J connectivity index is 0.00000210. The molecule has 2 saturated carbocycles. The molecule has 146 valence electrons. The number of amides is 1. The Morgan fingerprint density at radius 1 is 1.15 bits per heavy atom. The maximum absolute atomic E-state index is 12.7. The van der Waals surface area contributed by atoms with Gasteiger partial charge in [0.05, 0.1) is 5.69 Å². The molecule has 2 bridgehead atoms. The molecule has 4 N–H and O–H groups in total. The van der Waals surface area contributed by atoms with Crippen molar-refractivity contribution in [3.8, 4) is 0 Å². The van der Waals surface area contributed by atoms with Crippen LogP contribution in [-0.2, 0) is 4.79 Å². The molecule has 0 spiro atoms. The van der Waals surface area contributed by atoms with Crippen molar-refractivity contribution in [3.63, 3.8) is 0 Å². The predicted octanol–water partition coefficient (Wildman–Crippen LogP) is 4.71. The first kappa shape index (κ1) is 20.1. The summed E-state index contributed by atoms with van der Waals surface area (Å²) in [7, 11) is 0. The van der Waals surface area contributed by atoms with Crippen molar-refractivity contribution in [1.29, 1.82) is 0 Å². The number of rotatable bonds is 4. The van der Waals surface area contributed by atoms with E-state index in [1.165, 1.54) is 19.3 Å². The van der Waals surface area contributed by atoms with Crippen LogP contribution in [0.15, 0.2) is 29.6 Å². The summed E-state index contributed by atoms with van der Waals surface area (Å²) < 4.78 is 0. The Kier molecular flexibility index (Phi) is 6.40. The van der Waals surface area contributed by atoms with E-state index in [4.69, 9.17) is 5.73 Å². The monoisotopic (exact) mass is 406 g/mol. The molecule has 1 heterocycles. The van der Waals surface area contributed by atoms with Gasteiger partial charge in [-0.1, -0.05) is 6.42 Å². The summed E-state index contributed by atoms with van der Waals surface area (Å²) in [6.45, 7) is 1.98. The number of anilines is 3. The number of carbonyl (C=O) groups excluding carboxylic acids is 1. The minimum atomic E-state index is 0. The normalized spacial score (nSPS) is 26.7. The van der Waals surface area contributed by atoms with E-state index in [-0.39, 0.29) is 24.2 Å². The number of halogens is 1. The van der Waals surface area contributed by atoms with Gasteiger partial charge < -0.3 is 16.4 Å². The number of hydrogen-bond acceptors (Lipinski definition) is 5. The highest BCUT2D eigenvalue weighted by Gasteiger charge is 2.40. The molecule has 27 heavy (non-hydrogen) atoms. The van der Waals surface area contributed by atoms with Crippen molar-refractivity contribution in [3.05, 3.63) is 35.3 Å². The standard InChI is InChI=1S/C20H26N4OS.ClH/c1-12-11-26-20(22-12)24-17-7-5-16(6-8-17)23-19(25)15-9-13-3-2-4-14(10-15)18(13)21;/h5-8,11,13-15,18H,2-4,9-10,21H2,1H3,(H,22,24)(H,23,25);1H. The van der Waals surface area contributed by atoms with Gasteiger partial charge >= 0.3 is 0 Å². The van der Waals surface area contributed by atoms with E-state index in [0.717, 1.165) is 35.0 Å². The number of nitrogens with one attached hydrogen (secondary N) is 2. The fourth-order valence-corrected chi connectivity index (χ4v) is 5.13. The molecule has 7 heteroatoms. The number of nitrogens with two attached hydrogens (primary N) is 1. The van der Waals surface area contributed by atoms with Gasteiger partial charge in [-0.3, -0.25) is 4.79 Å². The summed E-state index contributed by atoms with van der Waals surface area (Å²) in [6.07, 6.45) is 5.50. The largest absolute Gasteiger partial charge is 0.332 e. The van der Waals surface area contributed by atoms with Gasteiger partial charge in [0.2, 0.25) is 5.91 Å². The molecule has 1 amide bonds. The average molecular weight is 407 g/mol. The Labute approximate surface area is 170 Å². The van der Waals surface area contributed by atoms with Crippen LogP contribution in [0, 0.1) is 24.7 Å². The van der Waals surface area contributed by atoms with Crippen LogP contribution in [0.1, 0.15) is 37.8 Å². The zero-order chi connectivity index (χ0) is 18.1. The highest BCUT2D eigenvalue weighted by atomic mass is 35.5. The fourth-order valence-electron chi connectivity index (χ4n) is 4.42. The fraction of sp³-hybridized carbons (Fsp3) is 0.500. The molecule has 0 saturated heterocycles. The molecule has 2 fully saturated rings. The molecular weight excluding hydrogens is 380 g/mol. The molecule has 2 unspecified atom stereocenters. The van der Waals surface area contributed by atoms with Gasteiger partial charge in [0.15, 0.2) is 5.13 Å². The van der Waals surface area contributed by atoms with Crippen molar-refractivity contribution in [2.75, 3.05) is 10.6 Å². The number of aromatic nitrogens is 1. The van der Waals surface area contributed by atoms with Crippen LogP contribution in [0.5, 0.6) is 0 Å². The van der Waals surface area contributed by atoms with Gasteiger partial charge in [-0.15, -0.1) is 23.7 Å². The Morgan fingerprint density at radius 2 is 1.78 bits per heavy atom. The van der Waals surface area contributed by atoms with Crippen LogP contribution in [0.3, 0.4) is 0 Å². The molecule has 2 aromatic rings. The molecular formula is C20H27ClN4OS. The number of thiazole rings is 1. The number of aryl methyl sites for hydroxylation is 1. The van der Waals surface area contributed by atoms with E-state index in [1.54, 1.807) is 11.3 Å². The molecule has 2 atom stereocenters. The molecule has 5 nitrogen and oxygen atoms in total. The number of fused-ring (bicyclic) bond motifs is 2. The van der Waals surface area contributed by atoms with E-state index in [2.05, 4.69) is 15.6 Å². The highest BCUT2D eigenvalue weighted by molar-refractivity contribution is 7.13. The van der Waals surface area contributed by atoms with E-state index in [9.17, 15) is 4.79 Å². The van der Waals surface area contributed by atoms with E-state index < -0.39 is 0 Å². The van der Waals surface area contributed by atoms with Crippen LogP contribution >= 0.6 is 23.7 Å². The smallest absolute Gasteiger partial charge is 0.227 e. The number of carbonyl (C=O) groups is 1. The van der Waals surface area contributed by atoms with Crippen LogP contribution in [0.25, 0.3) is 0 Å². The zero-order valence-electron chi connectivity index (χ0n) is 15.5. The van der Waals surface area contributed by atoms with Gasteiger partial charge in [0, 0.05) is 28.7 Å². The maximum atomic E-state index is 12.7. The molecule has 4 rings (SSSR count). The molecule has 2 aliphatic carbocycles. The first-order valence-electron chi connectivity index (χ1n) is 9.44. The topological polar surface area (TPSA) is 80.0 Å². The zero-order valence-corrected chi connectivity index (χ0v) is 17.1.